The number of anilines is 1. The van der Waals surface area contributed by atoms with Crippen molar-refractivity contribution in [2.75, 3.05) is 31.1 Å². The molecule has 1 aliphatic heterocycles. The number of piperazine rings is 1. The second-order valence-electron chi connectivity index (χ2n) is 8.23. The topological polar surface area (TPSA) is 79.5 Å². The van der Waals surface area contributed by atoms with E-state index in [0.29, 0.717) is 29.6 Å². The molecule has 1 saturated heterocycles. The van der Waals surface area contributed by atoms with Crippen molar-refractivity contribution in [1.82, 2.24) is 29.5 Å². The number of benzene rings is 1. The molecular formula is C23H17F6N7O. The summed E-state index contributed by atoms with van der Waals surface area (Å²) in [5.41, 5.74) is -2.40. The average molecular weight is 521 g/mol. The van der Waals surface area contributed by atoms with E-state index in [-0.39, 0.29) is 35.7 Å². The Kier molecular flexibility index (Phi) is 5.96. The largest absolute Gasteiger partial charge is 0.459 e. The summed E-state index contributed by atoms with van der Waals surface area (Å²) in [4.78, 5) is 28.8. The van der Waals surface area contributed by atoms with Gasteiger partial charge in [0.1, 0.15) is 11.5 Å². The maximum absolute atomic E-state index is 14.5. The van der Waals surface area contributed by atoms with E-state index in [1.54, 1.807) is 18.5 Å². The van der Waals surface area contributed by atoms with E-state index in [0.717, 1.165) is 18.2 Å². The van der Waals surface area contributed by atoms with Crippen LogP contribution in [0, 0.1) is 5.82 Å². The number of aromatic nitrogens is 5. The third kappa shape index (κ3) is 4.54. The number of halogens is 6. The number of hydrogen-bond acceptors (Lipinski definition) is 6. The van der Waals surface area contributed by atoms with E-state index < -0.39 is 29.5 Å². The van der Waals surface area contributed by atoms with Crippen LogP contribution in [-0.2, 0) is 5.92 Å². The lowest BCUT2D eigenvalue weighted by Crippen LogP contribution is -2.49. The summed E-state index contributed by atoms with van der Waals surface area (Å²) in [5, 5.41) is 3.78. The van der Waals surface area contributed by atoms with Gasteiger partial charge in [0.2, 0.25) is 5.95 Å². The Balaban J connectivity index is 1.50. The normalized spacial score (nSPS) is 14.9. The fraction of sp³-hybridized carbons (Fsp3) is 0.261. The van der Waals surface area contributed by atoms with Gasteiger partial charge in [0.25, 0.3) is 5.91 Å². The third-order valence-electron chi connectivity index (χ3n) is 5.87. The van der Waals surface area contributed by atoms with Crippen molar-refractivity contribution in [2.45, 2.75) is 12.1 Å². The van der Waals surface area contributed by atoms with Crippen molar-refractivity contribution < 1.29 is 31.1 Å². The number of rotatable bonds is 4. The molecule has 4 heterocycles. The van der Waals surface area contributed by atoms with E-state index in [1.165, 1.54) is 17.0 Å². The van der Waals surface area contributed by atoms with Crippen LogP contribution in [-0.4, -0.2) is 67.7 Å². The first kappa shape index (κ1) is 24.5. The molecule has 1 aliphatic rings. The van der Waals surface area contributed by atoms with Crippen LogP contribution < -0.4 is 4.90 Å². The van der Waals surface area contributed by atoms with Crippen molar-refractivity contribution in [1.29, 1.82) is 0 Å². The highest BCUT2D eigenvalue weighted by Gasteiger charge is 2.60. The Bertz CT molecular complexity index is 1430. The van der Waals surface area contributed by atoms with Crippen molar-refractivity contribution in [3.05, 3.63) is 72.1 Å². The SMILES string of the molecule is O=C(c1cc2nc(-c3ccc(F)cc3)cc(C(F)(F)C(F)(F)F)n2n1)N1CCN(c2ncccn2)CC1. The molecule has 0 saturated carbocycles. The molecule has 4 aromatic rings. The quantitative estimate of drug-likeness (QED) is 0.379. The molecule has 3 aromatic heterocycles. The predicted molar refractivity (Wildman–Crippen MR) is 118 cm³/mol. The second kappa shape index (κ2) is 9.01. The van der Waals surface area contributed by atoms with Gasteiger partial charge in [-0.15, -0.1) is 0 Å². The molecule has 0 unspecified atom stereocenters. The minimum atomic E-state index is -5.94. The zero-order chi connectivity index (χ0) is 26.4. The Hall–Kier alpha value is -4.23. The van der Waals surface area contributed by atoms with Crippen LogP contribution in [0.1, 0.15) is 16.2 Å². The van der Waals surface area contributed by atoms with Crippen molar-refractivity contribution in [2.24, 2.45) is 0 Å². The number of carbonyl (C=O) groups is 1. The van der Waals surface area contributed by atoms with Crippen LogP contribution in [0.2, 0.25) is 0 Å². The summed E-state index contributed by atoms with van der Waals surface area (Å²) >= 11 is 0. The van der Waals surface area contributed by atoms with Crippen molar-refractivity contribution >= 4 is 17.5 Å². The molecule has 192 valence electrons. The molecule has 0 spiro atoms. The van der Waals surface area contributed by atoms with Crippen LogP contribution in [0.3, 0.4) is 0 Å². The molecule has 1 amide bonds. The lowest BCUT2D eigenvalue weighted by atomic mass is 10.1. The molecule has 1 aromatic carbocycles. The Labute approximate surface area is 205 Å². The first-order chi connectivity index (χ1) is 17.5. The van der Waals surface area contributed by atoms with E-state index in [4.69, 9.17) is 0 Å². The Morgan fingerprint density at radius 2 is 1.54 bits per heavy atom. The highest BCUT2D eigenvalue weighted by Crippen LogP contribution is 2.44. The lowest BCUT2D eigenvalue weighted by molar-refractivity contribution is -0.291. The zero-order valence-corrected chi connectivity index (χ0v) is 18.8. The highest BCUT2D eigenvalue weighted by atomic mass is 19.4. The van der Waals surface area contributed by atoms with E-state index in [9.17, 15) is 31.1 Å². The molecule has 5 rings (SSSR count). The number of fused-ring (bicyclic) bond motifs is 1. The molecule has 37 heavy (non-hydrogen) atoms. The minimum absolute atomic E-state index is 0.108. The van der Waals surface area contributed by atoms with Gasteiger partial charge in [0.15, 0.2) is 11.3 Å². The van der Waals surface area contributed by atoms with E-state index in [1.807, 2.05) is 4.90 Å². The molecule has 0 atom stereocenters. The summed E-state index contributed by atoms with van der Waals surface area (Å²) in [6, 6.07) is 7.69. The second-order valence-corrected chi connectivity index (χ2v) is 8.23. The third-order valence-corrected chi connectivity index (χ3v) is 5.87. The van der Waals surface area contributed by atoms with Gasteiger partial charge in [0.05, 0.1) is 5.69 Å². The number of alkyl halides is 5. The zero-order valence-electron chi connectivity index (χ0n) is 18.8. The van der Waals surface area contributed by atoms with Gasteiger partial charge in [-0.25, -0.2) is 23.9 Å². The first-order valence-electron chi connectivity index (χ1n) is 11.0. The monoisotopic (exact) mass is 521 g/mol. The maximum Gasteiger partial charge on any atom is 0.459 e. The molecule has 14 heteroatoms. The smallest absolute Gasteiger partial charge is 0.337 e. The molecular weight excluding hydrogens is 504 g/mol. The molecule has 1 fully saturated rings. The van der Waals surface area contributed by atoms with Crippen LogP contribution >= 0.6 is 0 Å². The molecule has 0 N–H and O–H groups in total. The van der Waals surface area contributed by atoms with Gasteiger partial charge >= 0.3 is 12.1 Å². The van der Waals surface area contributed by atoms with Crippen LogP contribution in [0.15, 0.2) is 54.9 Å². The van der Waals surface area contributed by atoms with Gasteiger partial charge < -0.3 is 9.80 Å². The Morgan fingerprint density at radius 3 is 2.16 bits per heavy atom. The van der Waals surface area contributed by atoms with Crippen LogP contribution in [0.25, 0.3) is 16.9 Å². The number of amides is 1. The molecule has 8 nitrogen and oxygen atoms in total. The van der Waals surface area contributed by atoms with Crippen LogP contribution in [0.5, 0.6) is 0 Å². The average Bonchev–Trinajstić information content (AvgIpc) is 3.32. The van der Waals surface area contributed by atoms with Gasteiger partial charge in [-0.05, 0) is 36.4 Å². The standard InChI is InChI=1S/C23H17F6N7O/c24-15-4-2-14(3-5-15)16-12-18(22(25,26)23(27,28)29)36-19(32-16)13-17(33-36)20(37)34-8-10-35(11-9-34)21-30-6-1-7-31-21/h1-7,12-13H,8-11H2. The maximum atomic E-state index is 14.5. The summed E-state index contributed by atoms with van der Waals surface area (Å²) in [7, 11) is 0. The summed E-state index contributed by atoms with van der Waals surface area (Å²) in [5.74, 6) is -6.10. The number of carbonyl (C=O) groups excluding carboxylic acids is 1. The predicted octanol–water partition coefficient (Wildman–Crippen LogP) is 3.94. The van der Waals surface area contributed by atoms with Gasteiger partial charge in [-0.1, -0.05) is 0 Å². The summed E-state index contributed by atoms with van der Waals surface area (Å²) in [6.45, 7) is 1.22. The fourth-order valence-electron chi connectivity index (χ4n) is 3.94. The van der Waals surface area contributed by atoms with Gasteiger partial charge in [-0.2, -0.15) is 27.1 Å². The first-order valence-corrected chi connectivity index (χ1v) is 11.0. The molecule has 0 radical (unpaired) electrons. The Morgan fingerprint density at radius 1 is 0.892 bits per heavy atom. The van der Waals surface area contributed by atoms with Crippen molar-refractivity contribution in [3.8, 4) is 11.3 Å². The van der Waals surface area contributed by atoms with E-state index >= 15 is 0 Å². The van der Waals surface area contributed by atoms with Crippen LogP contribution in [0.4, 0.5) is 32.3 Å². The number of hydrogen-bond donors (Lipinski definition) is 0. The molecule has 0 aliphatic carbocycles. The summed E-state index contributed by atoms with van der Waals surface area (Å²) < 4.78 is 82.7. The lowest BCUT2D eigenvalue weighted by Gasteiger charge is -2.34. The minimum Gasteiger partial charge on any atom is -0.337 e. The fourth-order valence-corrected chi connectivity index (χ4v) is 3.94. The van der Waals surface area contributed by atoms with Gasteiger partial charge in [-0.3, -0.25) is 4.79 Å². The van der Waals surface area contributed by atoms with Crippen molar-refractivity contribution in [3.63, 3.8) is 0 Å². The van der Waals surface area contributed by atoms with Gasteiger partial charge in [0, 0.05) is 50.2 Å². The van der Waals surface area contributed by atoms with E-state index in [2.05, 4.69) is 20.1 Å². The highest BCUT2D eigenvalue weighted by molar-refractivity contribution is 5.93. The number of nitrogens with zero attached hydrogens (tertiary/aromatic N) is 7. The summed E-state index contributed by atoms with van der Waals surface area (Å²) in [6.07, 6.45) is -2.77. The molecule has 0 bridgehead atoms.